The van der Waals surface area contributed by atoms with Crippen molar-refractivity contribution in [1.29, 1.82) is 0 Å². The van der Waals surface area contributed by atoms with Crippen LogP contribution in [-0.4, -0.2) is 35.2 Å². The highest BCUT2D eigenvalue weighted by atomic mass is 16.5. The van der Waals surface area contributed by atoms with E-state index in [0.717, 1.165) is 29.7 Å². The molecular formula is C26H35NO3. The first-order valence-corrected chi connectivity index (χ1v) is 10.9. The Morgan fingerprint density at radius 2 is 1.63 bits per heavy atom. The second kappa shape index (κ2) is 9.22. The highest BCUT2D eigenvalue weighted by Crippen LogP contribution is 2.37. The van der Waals surface area contributed by atoms with E-state index in [1.54, 1.807) is 6.92 Å². The molecule has 1 fully saturated rings. The third kappa shape index (κ3) is 5.42. The van der Waals surface area contributed by atoms with E-state index in [1.165, 1.54) is 5.56 Å². The third-order valence-corrected chi connectivity index (χ3v) is 5.67. The van der Waals surface area contributed by atoms with Crippen molar-refractivity contribution in [3.05, 3.63) is 65.2 Å². The molecular weight excluding hydrogens is 374 g/mol. The fourth-order valence-electron chi connectivity index (χ4n) is 4.35. The number of carbonyl (C=O) groups excluding carboxylic acids is 1. The second-order valence-corrected chi connectivity index (χ2v) is 9.23. The van der Waals surface area contributed by atoms with E-state index in [0.29, 0.717) is 6.61 Å². The molecule has 0 unspecified atom stereocenters. The Bertz CT molecular complexity index is 840. The lowest BCUT2D eigenvalue weighted by Gasteiger charge is -2.44. The summed E-state index contributed by atoms with van der Waals surface area (Å²) < 4.78 is 11.8. The first-order chi connectivity index (χ1) is 14.2. The quantitative estimate of drug-likeness (QED) is 0.616. The van der Waals surface area contributed by atoms with Crippen molar-refractivity contribution in [3.8, 4) is 5.75 Å². The summed E-state index contributed by atoms with van der Waals surface area (Å²) in [4.78, 5) is 15.0. The summed E-state index contributed by atoms with van der Waals surface area (Å²) in [5.41, 5.74) is 3.19. The van der Waals surface area contributed by atoms with Crippen LogP contribution in [0, 0.1) is 6.92 Å². The van der Waals surface area contributed by atoms with Crippen LogP contribution in [0.1, 0.15) is 70.2 Å². The Hall–Kier alpha value is -2.33. The smallest absolute Gasteiger partial charge is 0.220 e. The predicted molar refractivity (Wildman–Crippen MR) is 121 cm³/mol. The van der Waals surface area contributed by atoms with E-state index >= 15 is 0 Å². The van der Waals surface area contributed by atoms with Crippen molar-refractivity contribution in [3.63, 3.8) is 0 Å². The maximum atomic E-state index is 13.0. The van der Waals surface area contributed by atoms with Crippen molar-refractivity contribution in [2.75, 3.05) is 6.61 Å². The normalized spacial score (nSPS) is 19.4. The van der Waals surface area contributed by atoms with Crippen LogP contribution in [0.4, 0.5) is 0 Å². The first-order valence-electron chi connectivity index (χ1n) is 10.9. The number of carbonyl (C=O) groups is 1. The van der Waals surface area contributed by atoms with Crippen LogP contribution in [-0.2, 0) is 9.53 Å². The minimum absolute atomic E-state index is 0.0887. The van der Waals surface area contributed by atoms with Crippen molar-refractivity contribution in [1.82, 2.24) is 4.90 Å². The van der Waals surface area contributed by atoms with Gasteiger partial charge in [-0.2, -0.15) is 0 Å². The van der Waals surface area contributed by atoms with Crippen LogP contribution >= 0.6 is 0 Å². The van der Waals surface area contributed by atoms with Gasteiger partial charge in [0, 0.05) is 19.6 Å². The monoisotopic (exact) mass is 409 g/mol. The van der Waals surface area contributed by atoms with E-state index < -0.39 is 0 Å². The zero-order chi connectivity index (χ0) is 21.9. The molecule has 0 N–H and O–H groups in total. The van der Waals surface area contributed by atoms with Gasteiger partial charge in [0.05, 0.1) is 17.7 Å². The van der Waals surface area contributed by atoms with Gasteiger partial charge < -0.3 is 14.4 Å². The van der Waals surface area contributed by atoms with E-state index in [2.05, 4.69) is 62.1 Å². The minimum Gasteiger partial charge on any atom is -0.491 e. The van der Waals surface area contributed by atoms with Crippen LogP contribution in [0.3, 0.4) is 0 Å². The summed E-state index contributed by atoms with van der Waals surface area (Å²) in [6.07, 6.45) is 1.80. The van der Waals surface area contributed by atoms with Gasteiger partial charge in [0.1, 0.15) is 5.75 Å². The Morgan fingerprint density at radius 3 is 2.13 bits per heavy atom. The highest BCUT2D eigenvalue weighted by Gasteiger charge is 2.37. The summed E-state index contributed by atoms with van der Waals surface area (Å²) in [6.45, 7) is 12.7. The maximum absolute atomic E-state index is 13.0. The Labute approximate surface area is 181 Å². The van der Waals surface area contributed by atoms with Crippen LogP contribution in [0.15, 0.2) is 48.5 Å². The van der Waals surface area contributed by atoms with Gasteiger partial charge in [-0.1, -0.05) is 42.0 Å². The SMILES string of the molecule is CC(=O)N([C@H]1CCOC(C)(C)C1)[C@H](c1ccc(C)cc1)c1ccc(OC(C)C)cc1. The van der Waals surface area contributed by atoms with Crippen LogP contribution in [0.5, 0.6) is 5.75 Å². The summed E-state index contributed by atoms with van der Waals surface area (Å²) >= 11 is 0. The molecule has 1 amide bonds. The molecule has 0 radical (unpaired) electrons. The molecule has 1 heterocycles. The van der Waals surface area contributed by atoms with Crippen molar-refractivity contribution >= 4 is 5.91 Å². The molecule has 0 spiro atoms. The third-order valence-electron chi connectivity index (χ3n) is 5.67. The Balaban J connectivity index is 2.03. The zero-order valence-electron chi connectivity index (χ0n) is 19.1. The molecule has 162 valence electrons. The van der Waals surface area contributed by atoms with E-state index in [-0.39, 0.29) is 29.7 Å². The maximum Gasteiger partial charge on any atom is 0.220 e. The average molecular weight is 410 g/mol. The molecule has 30 heavy (non-hydrogen) atoms. The molecule has 0 bridgehead atoms. The van der Waals surface area contributed by atoms with Crippen molar-refractivity contribution in [2.24, 2.45) is 0 Å². The first kappa shape index (κ1) is 22.4. The summed E-state index contributed by atoms with van der Waals surface area (Å²) in [5.74, 6) is 0.934. The van der Waals surface area contributed by atoms with Gasteiger partial charge in [-0.15, -0.1) is 0 Å². The number of hydrogen-bond donors (Lipinski definition) is 0. The predicted octanol–water partition coefficient (Wildman–Crippen LogP) is 5.68. The van der Waals surface area contributed by atoms with Crippen molar-refractivity contribution in [2.45, 2.75) is 78.2 Å². The topological polar surface area (TPSA) is 38.8 Å². The average Bonchev–Trinajstić information content (AvgIpc) is 2.66. The van der Waals surface area contributed by atoms with E-state index in [4.69, 9.17) is 9.47 Å². The van der Waals surface area contributed by atoms with Gasteiger partial charge in [0.15, 0.2) is 0 Å². The molecule has 2 aromatic carbocycles. The standard InChI is InChI=1S/C26H35NO3/c1-18(2)30-24-13-11-22(12-14-24)25(21-9-7-19(3)8-10-21)27(20(4)28)23-15-16-29-26(5,6)17-23/h7-14,18,23,25H,15-17H2,1-6H3/t23-,25+/m0/s1. The summed E-state index contributed by atoms with van der Waals surface area (Å²) in [5, 5.41) is 0. The number of rotatable bonds is 6. The number of benzene rings is 2. The molecule has 0 aliphatic carbocycles. The van der Waals surface area contributed by atoms with E-state index in [1.807, 2.05) is 26.0 Å². The Kier molecular flexibility index (Phi) is 6.87. The molecule has 0 aromatic heterocycles. The fourth-order valence-corrected chi connectivity index (χ4v) is 4.35. The molecule has 2 atom stereocenters. The van der Waals surface area contributed by atoms with Gasteiger partial charge >= 0.3 is 0 Å². The molecule has 4 heteroatoms. The summed E-state index contributed by atoms with van der Waals surface area (Å²) in [7, 11) is 0. The Morgan fingerprint density at radius 1 is 1.07 bits per heavy atom. The number of nitrogens with zero attached hydrogens (tertiary/aromatic N) is 1. The van der Waals surface area contributed by atoms with E-state index in [9.17, 15) is 4.79 Å². The van der Waals surface area contributed by atoms with Gasteiger partial charge in [0.25, 0.3) is 0 Å². The zero-order valence-corrected chi connectivity index (χ0v) is 19.1. The minimum atomic E-state index is -0.233. The van der Waals surface area contributed by atoms with Gasteiger partial charge in [-0.25, -0.2) is 0 Å². The molecule has 1 aliphatic rings. The number of hydrogen-bond acceptors (Lipinski definition) is 3. The molecule has 0 saturated carbocycles. The number of amides is 1. The van der Waals surface area contributed by atoms with Crippen LogP contribution in [0.25, 0.3) is 0 Å². The molecule has 4 nitrogen and oxygen atoms in total. The fraction of sp³-hybridized carbons (Fsp3) is 0.500. The second-order valence-electron chi connectivity index (χ2n) is 9.23. The molecule has 1 aliphatic heterocycles. The van der Waals surface area contributed by atoms with Gasteiger partial charge in [-0.05, 0) is 70.7 Å². The highest BCUT2D eigenvalue weighted by molar-refractivity contribution is 5.75. The van der Waals surface area contributed by atoms with Crippen molar-refractivity contribution < 1.29 is 14.3 Å². The summed E-state index contributed by atoms with van der Waals surface area (Å²) in [6, 6.07) is 16.7. The number of ether oxygens (including phenoxy) is 2. The molecule has 1 saturated heterocycles. The largest absolute Gasteiger partial charge is 0.491 e. The van der Waals surface area contributed by atoms with Gasteiger partial charge in [-0.3, -0.25) is 4.79 Å². The van der Waals surface area contributed by atoms with Crippen LogP contribution < -0.4 is 4.74 Å². The molecule has 2 aromatic rings. The lowest BCUT2D eigenvalue weighted by Crippen LogP contribution is -2.49. The lowest BCUT2D eigenvalue weighted by molar-refractivity contribution is -0.140. The number of aryl methyl sites for hydroxylation is 1. The van der Waals surface area contributed by atoms with Crippen LogP contribution in [0.2, 0.25) is 0 Å². The lowest BCUT2D eigenvalue weighted by atomic mass is 9.88. The van der Waals surface area contributed by atoms with Gasteiger partial charge in [0.2, 0.25) is 5.91 Å². The molecule has 3 rings (SSSR count).